The highest BCUT2D eigenvalue weighted by Crippen LogP contribution is 2.25. The van der Waals surface area contributed by atoms with Crippen molar-refractivity contribution < 1.29 is 9.90 Å². The zero-order valence-electron chi connectivity index (χ0n) is 15.0. The van der Waals surface area contributed by atoms with Crippen molar-refractivity contribution in [3.05, 3.63) is 34.2 Å². The lowest BCUT2D eigenvalue weighted by Crippen LogP contribution is -2.52. The molecule has 1 aromatic heterocycles. The minimum absolute atomic E-state index is 0.0701. The highest BCUT2D eigenvalue weighted by atomic mass is 16.3. The minimum Gasteiger partial charge on any atom is -0.391 e. The lowest BCUT2D eigenvalue weighted by Gasteiger charge is -2.41. The van der Waals surface area contributed by atoms with Crippen molar-refractivity contribution in [3.8, 4) is 0 Å². The van der Waals surface area contributed by atoms with E-state index in [0.29, 0.717) is 0 Å². The number of amides is 1. The Bertz CT molecular complexity index is 650. The zero-order valence-corrected chi connectivity index (χ0v) is 15.0. The molecule has 6 nitrogen and oxygen atoms in total. The summed E-state index contributed by atoms with van der Waals surface area (Å²) in [6, 6.07) is 3.83. The topological polar surface area (TPSA) is 74.6 Å². The Balaban J connectivity index is 1.47. The molecule has 1 amide bonds. The molecule has 3 rings (SSSR count). The molecule has 1 aliphatic heterocycles. The fourth-order valence-corrected chi connectivity index (χ4v) is 4.06. The zero-order chi connectivity index (χ0) is 17.8. The van der Waals surface area contributed by atoms with Crippen molar-refractivity contribution >= 4 is 5.91 Å². The molecule has 2 atom stereocenters. The van der Waals surface area contributed by atoms with Crippen LogP contribution in [0.3, 0.4) is 0 Å². The average Bonchev–Trinajstić information content (AvgIpc) is 2.59. The molecule has 25 heavy (non-hydrogen) atoms. The summed E-state index contributed by atoms with van der Waals surface area (Å²) in [6.07, 6.45) is 7.58. The van der Waals surface area contributed by atoms with Crippen LogP contribution in [0.2, 0.25) is 0 Å². The Hall–Kier alpha value is -1.66. The average molecular weight is 347 g/mol. The summed E-state index contributed by atoms with van der Waals surface area (Å²) in [5, 5.41) is 13.3. The van der Waals surface area contributed by atoms with E-state index in [-0.39, 0.29) is 36.2 Å². The third-order valence-electron chi connectivity index (χ3n) is 5.52. The molecule has 2 N–H and O–H groups in total. The van der Waals surface area contributed by atoms with Gasteiger partial charge in [0, 0.05) is 37.4 Å². The van der Waals surface area contributed by atoms with Crippen LogP contribution in [-0.4, -0.2) is 51.8 Å². The number of aryl methyl sites for hydroxylation is 1. The van der Waals surface area contributed by atoms with Crippen molar-refractivity contribution in [1.29, 1.82) is 0 Å². The number of hydrogen-bond donors (Lipinski definition) is 2. The molecular weight excluding hydrogens is 318 g/mol. The summed E-state index contributed by atoms with van der Waals surface area (Å²) in [7, 11) is 0. The van der Waals surface area contributed by atoms with Crippen LogP contribution in [0.15, 0.2) is 23.1 Å². The third-order valence-corrected chi connectivity index (χ3v) is 5.52. The van der Waals surface area contributed by atoms with E-state index in [1.807, 2.05) is 13.0 Å². The van der Waals surface area contributed by atoms with E-state index < -0.39 is 0 Å². The van der Waals surface area contributed by atoms with Crippen LogP contribution in [-0.2, 0) is 11.3 Å². The number of likely N-dealkylation sites (tertiary alicyclic amines) is 1. The number of nitrogens with zero attached hydrogens (tertiary/aromatic N) is 2. The number of carbonyl (C=O) groups is 1. The van der Waals surface area contributed by atoms with Gasteiger partial charge in [0.1, 0.15) is 6.54 Å². The van der Waals surface area contributed by atoms with E-state index in [9.17, 15) is 14.7 Å². The number of carbonyl (C=O) groups excluding carboxylic acids is 1. The van der Waals surface area contributed by atoms with Gasteiger partial charge >= 0.3 is 0 Å². The SMILES string of the molecule is Cc1ccn(CC(=O)NC2CCN([C@@H]3CCCC[C@@H]3O)CC2)c(=O)c1. The standard InChI is InChI=1S/C19H29N3O3/c1-14-6-9-22(19(25)12-14)13-18(24)20-15-7-10-21(11-8-15)16-4-2-3-5-17(16)23/h6,9,12,15-17,23H,2-5,7-8,10-11,13H2,1H3,(H,20,24)/t16-,17+/m1/s1. The van der Waals surface area contributed by atoms with Crippen molar-refractivity contribution in [2.45, 2.75) is 70.2 Å². The predicted molar refractivity (Wildman–Crippen MR) is 96.4 cm³/mol. The van der Waals surface area contributed by atoms with Crippen LogP contribution in [0.5, 0.6) is 0 Å². The van der Waals surface area contributed by atoms with E-state index in [2.05, 4.69) is 10.2 Å². The molecule has 1 saturated heterocycles. The van der Waals surface area contributed by atoms with Crippen LogP contribution in [0.1, 0.15) is 44.1 Å². The number of aliphatic hydroxyl groups excluding tert-OH is 1. The van der Waals surface area contributed by atoms with Gasteiger partial charge in [0.15, 0.2) is 0 Å². The Morgan fingerprint density at radius 1 is 1.24 bits per heavy atom. The smallest absolute Gasteiger partial charge is 0.251 e. The van der Waals surface area contributed by atoms with Gasteiger partial charge in [0.2, 0.25) is 5.91 Å². The first-order chi connectivity index (χ1) is 12.0. The van der Waals surface area contributed by atoms with Crippen LogP contribution < -0.4 is 10.9 Å². The molecule has 1 aromatic rings. The molecule has 1 aliphatic carbocycles. The summed E-state index contributed by atoms with van der Waals surface area (Å²) in [4.78, 5) is 26.5. The fraction of sp³-hybridized carbons (Fsp3) is 0.684. The second-order valence-corrected chi connectivity index (χ2v) is 7.47. The molecule has 2 heterocycles. The quantitative estimate of drug-likeness (QED) is 0.853. The van der Waals surface area contributed by atoms with Crippen molar-refractivity contribution in [3.63, 3.8) is 0 Å². The molecule has 138 valence electrons. The first-order valence-electron chi connectivity index (χ1n) is 9.41. The van der Waals surface area contributed by atoms with Crippen LogP contribution in [0, 0.1) is 6.92 Å². The molecule has 0 radical (unpaired) electrons. The van der Waals surface area contributed by atoms with Gasteiger partial charge in [-0.25, -0.2) is 0 Å². The molecule has 0 bridgehead atoms. The van der Waals surface area contributed by atoms with Gasteiger partial charge in [-0.15, -0.1) is 0 Å². The van der Waals surface area contributed by atoms with Gasteiger partial charge in [0.25, 0.3) is 5.56 Å². The van der Waals surface area contributed by atoms with Gasteiger partial charge in [0.05, 0.1) is 6.10 Å². The van der Waals surface area contributed by atoms with Crippen molar-refractivity contribution in [1.82, 2.24) is 14.8 Å². The van der Waals surface area contributed by atoms with E-state index >= 15 is 0 Å². The first-order valence-corrected chi connectivity index (χ1v) is 9.41. The number of rotatable bonds is 4. The lowest BCUT2D eigenvalue weighted by molar-refractivity contribution is -0.122. The number of piperidine rings is 1. The highest BCUT2D eigenvalue weighted by molar-refractivity contribution is 5.76. The molecule has 6 heteroatoms. The minimum atomic E-state index is -0.201. The summed E-state index contributed by atoms with van der Waals surface area (Å²) >= 11 is 0. The molecular formula is C19H29N3O3. The third kappa shape index (κ3) is 4.70. The maximum atomic E-state index is 12.2. The molecule has 1 saturated carbocycles. The van der Waals surface area contributed by atoms with Crippen LogP contribution in [0.4, 0.5) is 0 Å². The largest absolute Gasteiger partial charge is 0.391 e. The summed E-state index contributed by atoms with van der Waals surface area (Å²) in [5.41, 5.74) is 0.759. The van der Waals surface area contributed by atoms with E-state index in [4.69, 9.17) is 0 Å². The second-order valence-electron chi connectivity index (χ2n) is 7.47. The Kier molecular flexibility index (Phi) is 5.91. The first kappa shape index (κ1) is 18.1. The van der Waals surface area contributed by atoms with Crippen LogP contribution >= 0.6 is 0 Å². The number of pyridine rings is 1. The molecule has 0 aromatic carbocycles. The molecule has 0 spiro atoms. The van der Waals surface area contributed by atoms with Gasteiger partial charge in [-0.2, -0.15) is 0 Å². The maximum Gasteiger partial charge on any atom is 0.251 e. The molecule has 2 aliphatic rings. The van der Waals surface area contributed by atoms with Gasteiger partial charge in [-0.1, -0.05) is 12.8 Å². The van der Waals surface area contributed by atoms with Gasteiger partial charge in [-0.3, -0.25) is 14.5 Å². The monoisotopic (exact) mass is 347 g/mol. The second kappa shape index (κ2) is 8.15. The normalized spacial score (nSPS) is 25.7. The maximum absolute atomic E-state index is 12.2. The van der Waals surface area contributed by atoms with E-state index in [0.717, 1.165) is 50.8 Å². The van der Waals surface area contributed by atoms with E-state index in [1.54, 1.807) is 12.3 Å². The van der Waals surface area contributed by atoms with Crippen molar-refractivity contribution in [2.24, 2.45) is 0 Å². The number of hydrogen-bond acceptors (Lipinski definition) is 4. The molecule has 2 fully saturated rings. The Morgan fingerprint density at radius 2 is 1.96 bits per heavy atom. The van der Waals surface area contributed by atoms with Gasteiger partial charge < -0.3 is 15.0 Å². The highest BCUT2D eigenvalue weighted by Gasteiger charge is 2.31. The fourth-order valence-electron chi connectivity index (χ4n) is 4.06. The number of aromatic nitrogens is 1. The number of nitrogens with one attached hydrogen (secondary N) is 1. The predicted octanol–water partition coefficient (Wildman–Crippen LogP) is 1.04. The Labute approximate surface area is 148 Å². The van der Waals surface area contributed by atoms with Crippen molar-refractivity contribution in [2.75, 3.05) is 13.1 Å². The summed E-state index contributed by atoms with van der Waals surface area (Å²) in [5.74, 6) is -0.109. The molecule has 0 unspecified atom stereocenters. The Morgan fingerprint density at radius 3 is 2.64 bits per heavy atom. The number of aliphatic hydroxyl groups is 1. The lowest BCUT2D eigenvalue weighted by atomic mass is 9.89. The summed E-state index contributed by atoms with van der Waals surface area (Å²) < 4.78 is 1.44. The summed E-state index contributed by atoms with van der Waals surface area (Å²) in [6.45, 7) is 3.76. The van der Waals surface area contributed by atoms with E-state index in [1.165, 1.54) is 11.0 Å². The van der Waals surface area contributed by atoms with Gasteiger partial charge in [-0.05, 0) is 44.2 Å². The van der Waals surface area contributed by atoms with Crippen LogP contribution in [0.25, 0.3) is 0 Å².